The number of phenolic OH excluding ortho intramolecular Hbond substituents is 1. The van der Waals surface area contributed by atoms with E-state index >= 15 is 0 Å². The molecule has 1 fully saturated rings. The van der Waals surface area contributed by atoms with E-state index in [2.05, 4.69) is 17.2 Å². The van der Waals surface area contributed by atoms with Gasteiger partial charge in [-0.1, -0.05) is 19.4 Å². The van der Waals surface area contributed by atoms with Crippen LogP contribution in [0.4, 0.5) is 5.82 Å². The molecule has 19 heavy (non-hydrogen) atoms. The molecule has 0 saturated heterocycles. The largest absolute Gasteiger partial charge is 0.508 e. The summed E-state index contributed by atoms with van der Waals surface area (Å²) in [6.45, 7) is 3.24. The Morgan fingerprint density at radius 1 is 1.32 bits per heavy atom. The predicted molar refractivity (Wildman–Crippen MR) is 78.5 cm³/mol. The van der Waals surface area contributed by atoms with E-state index in [-0.39, 0.29) is 5.75 Å². The normalized spacial score (nSPS) is 17.1. The maximum Gasteiger partial charge on any atom is 0.133 e. The van der Waals surface area contributed by atoms with Gasteiger partial charge in [0, 0.05) is 18.1 Å². The van der Waals surface area contributed by atoms with Crippen molar-refractivity contribution in [3.63, 3.8) is 0 Å². The van der Waals surface area contributed by atoms with E-state index in [0.717, 1.165) is 23.1 Å². The van der Waals surface area contributed by atoms with Crippen LogP contribution in [0, 0.1) is 5.41 Å². The van der Waals surface area contributed by atoms with E-state index < -0.39 is 0 Å². The average Bonchev–Trinajstić information content (AvgIpc) is 2.38. The van der Waals surface area contributed by atoms with Gasteiger partial charge in [0.15, 0.2) is 0 Å². The zero-order valence-corrected chi connectivity index (χ0v) is 11.3. The Balaban J connectivity index is 1.86. The Morgan fingerprint density at radius 2 is 2.16 bits per heavy atom. The summed E-state index contributed by atoms with van der Waals surface area (Å²) in [5.74, 6) is 1.17. The fourth-order valence-electron chi connectivity index (χ4n) is 2.90. The van der Waals surface area contributed by atoms with Crippen molar-refractivity contribution >= 4 is 16.6 Å². The lowest BCUT2D eigenvalue weighted by Crippen LogP contribution is -2.36. The number of phenols is 1. The summed E-state index contributed by atoms with van der Waals surface area (Å²) in [6, 6.07) is 7.39. The minimum Gasteiger partial charge on any atom is -0.508 e. The van der Waals surface area contributed by atoms with E-state index in [1.165, 1.54) is 25.7 Å². The molecule has 1 aromatic heterocycles. The molecule has 0 unspecified atom stereocenters. The molecule has 0 aliphatic heterocycles. The summed E-state index contributed by atoms with van der Waals surface area (Å²) in [5.41, 5.74) is 0.459. The first-order valence-electron chi connectivity index (χ1n) is 7.04. The van der Waals surface area contributed by atoms with Crippen LogP contribution in [-0.4, -0.2) is 16.6 Å². The van der Waals surface area contributed by atoms with Crippen molar-refractivity contribution in [2.45, 2.75) is 32.6 Å². The van der Waals surface area contributed by atoms with Crippen molar-refractivity contribution in [3.05, 3.63) is 30.5 Å². The molecule has 3 nitrogen and oxygen atoms in total. The number of fused-ring (bicyclic) bond motifs is 1. The van der Waals surface area contributed by atoms with Gasteiger partial charge in [-0.2, -0.15) is 0 Å². The first kappa shape index (κ1) is 12.3. The summed E-state index contributed by atoms with van der Waals surface area (Å²) in [5, 5.41) is 15.2. The molecule has 0 atom stereocenters. The van der Waals surface area contributed by atoms with E-state index in [1.54, 1.807) is 12.1 Å². The molecule has 1 aliphatic rings. The van der Waals surface area contributed by atoms with Gasteiger partial charge in [0.1, 0.15) is 11.6 Å². The number of benzene rings is 1. The van der Waals surface area contributed by atoms with Crippen molar-refractivity contribution < 1.29 is 5.11 Å². The lowest BCUT2D eigenvalue weighted by atomic mass is 9.67. The van der Waals surface area contributed by atoms with Gasteiger partial charge in [-0.05, 0) is 48.3 Å². The summed E-state index contributed by atoms with van der Waals surface area (Å²) in [4.78, 5) is 4.42. The van der Waals surface area contributed by atoms with Crippen LogP contribution in [-0.2, 0) is 0 Å². The highest BCUT2D eigenvalue weighted by Crippen LogP contribution is 2.43. The third kappa shape index (κ3) is 2.25. The third-order valence-electron chi connectivity index (χ3n) is 4.54. The molecule has 2 aromatic rings. The minimum absolute atomic E-state index is 0.289. The smallest absolute Gasteiger partial charge is 0.133 e. The van der Waals surface area contributed by atoms with Crippen LogP contribution < -0.4 is 5.32 Å². The van der Waals surface area contributed by atoms with Crippen LogP contribution in [0.3, 0.4) is 0 Å². The number of aromatic hydroxyl groups is 1. The molecule has 1 saturated carbocycles. The topological polar surface area (TPSA) is 45.2 Å². The zero-order chi connectivity index (χ0) is 13.3. The molecular formula is C16H20N2O. The SMILES string of the molecule is CCC1(CNc2nccc3ccc(O)cc23)CCC1. The van der Waals surface area contributed by atoms with Gasteiger partial charge in [-0.25, -0.2) is 4.98 Å². The number of hydrogen-bond donors (Lipinski definition) is 2. The Labute approximate surface area is 113 Å². The predicted octanol–water partition coefficient (Wildman–Crippen LogP) is 3.93. The van der Waals surface area contributed by atoms with Gasteiger partial charge in [0.2, 0.25) is 0 Å². The summed E-state index contributed by atoms with van der Waals surface area (Å²) >= 11 is 0. The third-order valence-corrected chi connectivity index (χ3v) is 4.54. The Bertz CT molecular complexity index is 585. The van der Waals surface area contributed by atoms with Crippen molar-refractivity contribution in [3.8, 4) is 5.75 Å². The molecule has 100 valence electrons. The van der Waals surface area contributed by atoms with Gasteiger partial charge in [-0.3, -0.25) is 0 Å². The number of nitrogens with one attached hydrogen (secondary N) is 1. The van der Waals surface area contributed by atoms with Crippen LogP contribution in [0.1, 0.15) is 32.6 Å². The van der Waals surface area contributed by atoms with Gasteiger partial charge in [-0.15, -0.1) is 0 Å². The molecule has 3 heteroatoms. The monoisotopic (exact) mass is 256 g/mol. The number of hydrogen-bond acceptors (Lipinski definition) is 3. The maximum atomic E-state index is 9.63. The minimum atomic E-state index is 0.289. The van der Waals surface area contributed by atoms with Gasteiger partial charge in [0.25, 0.3) is 0 Å². The van der Waals surface area contributed by atoms with Crippen LogP contribution in [0.25, 0.3) is 10.8 Å². The fourth-order valence-corrected chi connectivity index (χ4v) is 2.90. The highest BCUT2D eigenvalue weighted by molar-refractivity contribution is 5.92. The Hall–Kier alpha value is -1.77. The second kappa shape index (κ2) is 4.72. The Morgan fingerprint density at radius 3 is 2.84 bits per heavy atom. The number of anilines is 1. The molecule has 0 bridgehead atoms. The maximum absolute atomic E-state index is 9.63. The lowest BCUT2D eigenvalue weighted by Gasteiger charge is -2.41. The molecule has 0 amide bonds. The first-order valence-corrected chi connectivity index (χ1v) is 7.04. The molecule has 2 N–H and O–H groups in total. The van der Waals surface area contributed by atoms with Crippen LogP contribution in [0.5, 0.6) is 5.75 Å². The lowest BCUT2D eigenvalue weighted by molar-refractivity contribution is 0.145. The molecule has 0 spiro atoms. The summed E-state index contributed by atoms with van der Waals surface area (Å²) < 4.78 is 0. The number of rotatable bonds is 4. The molecule has 1 aliphatic carbocycles. The molecule has 0 radical (unpaired) electrons. The van der Waals surface area contributed by atoms with Crippen molar-refractivity contribution in [2.24, 2.45) is 5.41 Å². The van der Waals surface area contributed by atoms with Crippen molar-refractivity contribution in [2.75, 3.05) is 11.9 Å². The molecule has 1 aromatic carbocycles. The van der Waals surface area contributed by atoms with Gasteiger partial charge < -0.3 is 10.4 Å². The van der Waals surface area contributed by atoms with Crippen LogP contribution >= 0.6 is 0 Å². The van der Waals surface area contributed by atoms with Crippen LogP contribution in [0.15, 0.2) is 30.5 Å². The molecular weight excluding hydrogens is 236 g/mol. The molecule has 1 heterocycles. The van der Waals surface area contributed by atoms with E-state index in [0.29, 0.717) is 5.41 Å². The average molecular weight is 256 g/mol. The van der Waals surface area contributed by atoms with Crippen LogP contribution in [0.2, 0.25) is 0 Å². The van der Waals surface area contributed by atoms with E-state index in [4.69, 9.17) is 0 Å². The summed E-state index contributed by atoms with van der Waals surface area (Å²) in [6.07, 6.45) is 7.01. The quantitative estimate of drug-likeness (QED) is 0.871. The second-order valence-corrected chi connectivity index (χ2v) is 5.63. The first-order chi connectivity index (χ1) is 9.22. The number of aromatic nitrogens is 1. The Kier molecular flexibility index (Phi) is 3.05. The highest BCUT2D eigenvalue weighted by atomic mass is 16.3. The van der Waals surface area contributed by atoms with E-state index in [1.807, 2.05) is 18.3 Å². The highest BCUT2D eigenvalue weighted by Gasteiger charge is 2.34. The fraction of sp³-hybridized carbons (Fsp3) is 0.438. The summed E-state index contributed by atoms with van der Waals surface area (Å²) in [7, 11) is 0. The van der Waals surface area contributed by atoms with Crippen molar-refractivity contribution in [1.29, 1.82) is 0 Å². The van der Waals surface area contributed by atoms with Gasteiger partial charge in [0.05, 0.1) is 0 Å². The zero-order valence-electron chi connectivity index (χ0n) is 11.3. The van der Waals surface area contributed by atoms with Crippen molar-refractivity contribution in [1.82, 2.24) is 4.98 Å². The van der Waals surface area contributed by atoms with E-state index in [9.17, 15) is 5.11 Å². The number of pyridine rings is 1. The standard InChI is InChI=1S/C16H20N2O/c1-2-16(7-3-8-16)11-18-15-14-10-13(19)5-4-12(14)6-9-17-15/h4-6,9-10,19H,2-3,7-8,11H2,1H3,(H,17,18). The number of nitrogens with zero attached hydrogens (tertiary/aromatic N) is 1. The second-order valence-electron chi connectivity index (χ2n) is 5.63. The van der Waals surface area contributed by atoms with Gasteiger partial charge >= 0.3 is 0 Å². The molecule has 3 rings (SSSR count).